The zero-order chi connectivity index (χ0) is 19.1. The molecule has 2 unspecified atom stereocenters. The molecular formula is C19H27Cl2N3O3. The molecule has 0 amide bonds. The molecule has 0 bridgehead atoms. The van der Waals surface area contributed by atoms with E-state index in [-0.39, 0.29) is 12.2 Å². The lowest BCUT2D eigenvalue weighted by Gasteiger charge is -2.37. The van der Waals surface area contributed by atoms with E-state index < -0.39 is 0 Å². The number of hydrogen-bond donors (Lipinski definition) is 1. The third kappa shape index (κ3) is 5.88. The summed E-state index contributed by atoms with van der Waals surface area (Å²) < 4.78 is 17.4. The average molecular weight is 416 g/mol. The van der Waals surface area contributed by atoms with Crippen molar-refractivity contribution in [2.75, 3.05) is 46.5 Å². The fourth-order valence-electron chi connectivity index (χ4n) is 3.37. The van der Waals surface area contributed by atoms with Gasteiger partial charge in [0.15, 0.2) is 5.96 Å². The molecule has 2 atom stereocenters. The van der Waals surface area contributed by atoms with Crippen LogP contribution in [0.15, 0.2) is 23.2 Å². The van der Waals surface area contributed by atoms with Crippen LogP contribution in [-0.4, -0.2) is 69.6 Å². The summed E-state index contributed by atoms with van der Waals surface area (Å²) in [5, 5.41) is 4.53. The van der Waals surface area contributed by atoms with Gasteiger partial charge in [-0.15, -0.1) is 0 Å². The van der Waals surface area contributed by atoms with Gasteiger partial charge in [-0.25, -0.2) is 0 Å². The van der Waals surface area contributed by atoms with Crippen molar-refractivity contribution in [3.05, 3.63) is 28.2 Å². The van der Waals surface area contributed by atoms with Crippen LogP contribution >= 0.6 is 23.2 Å². The molecule has 0 aliphatic carbocycles. The van der Waals surface area contributed by atoms with Crippen molar-refractivity contribution in [1.82, 2.24) is 10.2 Å². The molecule has 0 aromatic heterocycles. The highest BCUT2D eigenvalue weighted by molar-refractivity contribution is 6.35. The van der Waals surface area contributed by atoms with Crippen LogP contribution in [0.4, 0.5) is 0 Å². The standard InChI is InChI=1S/C19H27Cl2N3O3/c1-22-19(24-8-11-27-18(13-24)17-4-2-9-26-17)23-7-3-10-25-16-6-5-14(20)12-15(16)21/h5-6,12,17-18H,2-4,7-11,13H2,1H3,(H,22,23). The van der Waals surface area contributed by atoms with Gasteiger partial charge in [0.05, 0.1) is 24.3 Å². The Morgan fingerprint density at radius 1 is 1.30 bits per heavy atom. The van der Waals surface area contributed by atoms with Crippen LogP contribution in [-0.2, 0) is 9.47 Å². The molecule has 2 aliphatic heterocycles. The first-order valence-electron chi connectivity index (χ1n) is 9.44. The molecule has 1 N–H and O–H groups in total. The summed E-state index contributed by atoms with van der Waals surface area (Å²) in [4.78, 5) is 6.65. The summed E-state index contributed by atoms with van der Waals surface area (Å²) >= 11 is 12.0. The fraction of sp³-hybridized carbons (Fsp3) is 0.632. The van der Waals surface area contributed by atoms with E-state index in [4.69, 9.17) is 37.4 Å². The van der Waals surface area contributed by atoms with Gasteiger partial charge < -0.3 is 24.4 Å². The maximum atomic E-state index is 6.11. The number of benzene rings is 1. The molecule has 0 spiro atoms. The Balaban J connectivity index is 1.39. The molecule has 3 rings (SSSR count). The van der Waals surface area contributed by atoms with Gasteiger partial charge >= 0.3 is 0 Å². The van der Waals surface area contributed by atoms with E-state index in [9.17, 15) is 0 Å². The molecule has 8 heteroatoms. The van der Waals surface area contributed by atoms with Crippen LogP contribution in [0.5, 0.6) is 5.75 Å². The highest BCUT2D eigenvalue weighted by Crippen LogP contribution is 2.27. The lowest BCUT2D eigenvalue weighted by Crippen LogP contribution is -2.53. The number of nitrogens with zero attached hydrogens (tertiary/aromatic N) is 2. The summed E-state index contributed by atoms with van der Waals surface area (Å²) in [7, 11) is 1.81. The zero-order valence-corrected chi connectivity index (χ0v) is 17.1. The van der Waals surface area contributed by atoms with Gasteiger partial charge in [0.1, 0.15) is 11.9 Å². The van der Waals surface area contributed by atoms with E-state index in [1.807, 2.05) is 7.05 Å². The van der Waals surface area contributed by atoms with Gasteiger partial charge in [0.2, 0.25) is 0 Å². The third-order valence-electron chi connectivity index (χ3n) is 4.74. The number of guanidine groups is 1. The summed E-state index contributed by atoms with van der Waals surface area (Å²) in [6.45, 7) is 4.51. The van der Waals surface area contributed by atoms with Crippen molar-refractivity contribution in [3.63, 3.8) is 0 Å². The molecule has 2 heterocycles. The van der Waals surface area contributed by atoms with E-state index in [2.05, 4.69) is 15.2 Å². The normalized spacial score (nSPS) is 23.5. The van der Waals surface area contributed by atoms with Gasteiger partial charge in [0, 0.05) is 38.3 Å². The Kier molecular flexibility index (Phi) is 7.88. The highest BCUT2D eigenvalue weighted by atomic mass is 35.5. The Bertz CT molecular complexity index is 639. The Morgan fingerprint density at radius 2 is 2.15 bits per heavy atom. The minimum atomic E-state index is 0.121. The van der Waals surface area contributed by atoms with Crippen LogP contribution < -0.4 is 10.1 Å². The van der Waals surface area contributed by atoms with Gasteiger partial charge in [-0.05, 0) is 37.5 Å². The number of aliphatic imine (C=N–C) groups is 1. The molecule has 6 nitrogen and oxygen atoms in total. The Labute approximate surface area is 170 Å². The van der Waals surface area contributed by atoms with E-state index in [0.717, 1.165) is 51.5 Å². The highest BCUT2D eigenvalue weighted by Gasteiger charge is 2.32. The van der Waals surface area contributed by atoms with Gasteiger partial charge in [0.25, 0.3) is 0 Å². The second-order valence-corrected chi connectivity index (χ2v) is 7.50. The molecule has 27 heavy (non-hydrogen) atoms. The topological polar surface area (TPSA) is 55.3 Å². The van der Waals surface area contributed by atoms with Crippen LogP contribution in [0.2, 0.25) is 10.0 Å². The maximum Gasteiger partial charge on any atom is 0.193 e. The molecule has 0 radical (unpaired) electrons. The van der Waals surface area contributed by atoms with Crippen molar-refractivity contribution in [3.8, 4) is 5.75 Å². The smallest absolute Gasteiger partial charge is 0.193 e. The molecule has 1 aromatic carbocycles. The minimum Gasteiger partial charge on any atom is -0.492 e. The maximum absolute atomic E-state index is 6.11. The summed E-state index contributed by atoms with van der Waals surface area (Å²) in [5.41, 5.74) is 0. The van der Waals surface area contributed by atoms with E-state index >= 15 is 0 Å². The lowest BCUT2D eigenvalue weighted by molar-refractivity contribution is -0.0816. The fourth-order valence-corrected chi connectivity index (χ4v) is 3.83. The van der Waals surface area contributed by atoms with Gasteiger partial charge in [-0.1, -0.05) is 23.2 Å². The van der Waals surface area contributed by atoms with Crippen molar-refractivity contribution in [1.29, 1.82) is 0 Å². The van der Waals surface area contributed by atoms with Crippen molar-refractivity contribution < 1.29 is 14.2 Å². The molecule has 150 valence electrons. The number of nitrogens with one attached hydrogen (secondary N) is 1. The van der Waals surface area contributed by atoms with Crippen molar-refractivity contribution >= 4 is 29.2 Å². The minimum absolute atomic E-state index is 0.121. The number of hydrogen-bond acceptors (Lipinski definition) is 4. The molecule has 2 fully saturated rings. The van der Waals surface area contributed by atoms with Crippen LogP contribution in [0.25, 0.3) is 0 Å². The molecular weight excluding hydrogens is 389 g/mol. The van der Waals surface area contributed by atoms with Crippen molar-refractivity contribution in [2.45, 2.75) is 31.5 Å². The van der Waals surface area contributed by atoms with Crippen LogP contribution in [0.1, 0.15) is 19.3 Å². The van der Waals surface area contributed by atoms with Crippen LogP contribution in [0.3, 0.4) is 0 Å². The van der Waals surface area contributed by atoms with Crippen molar-refractivity contribution in [2.24, 2.45) is 4.99 Å². The molecule has 1 aromatic rings. The predicted molar refractivity (Wildman–Crippen MR) is 108 cm³/mol. The lowest BCUT2D eigenvalue weighted by atomic mass is 10.1. The second kappa shape index (κ2) is 10.4. The first-order chi connectivity index (χ1) is 13.2. The monoisotopic (exact) mass is 415 g/mol. The molecule has 0 saturated carbocycles. The average Bonchev–Trinajstić information content (AvgIpc) is 3.21. The van der Waals surface area contributed by atoms with E-state index in [1.165, 1.54) is 0 Å². The number of halogens is 2. The SMILES string of the molecule is CN=C(NCCCOc1ccc(Cl)cc1Cl)N1CCOC(C2CCCO2)C1. The Morgan fingerprint density at radius 3 is 2.89 bits per heavy atom. The number of rotatable bonds is 6. The molecule has 2 aliphatic rings. The second-order valence-electron chi connectivity index (χ2n) is 6.66. The summed E-state index contributed by atoms with van der Waals surface area (Å²) in [6, 6.07) is 5.24. The van der Waals surface area contributed by atoms with Gasteiger partial charge in [-0.2, -0.15) is 0 Å². The number of ether oxygens (including phenoxy) is 3. The van der Waals surface area contributed by atoms with E-state index in [1.54, 1.807) is 18.2 Å². The molecule has 2 saturated heterocycles. The predicted octanol–water partition coefficient (Wildman–Crippen LogP) is 3.22. The number of morpholine rings is 1. The quantitative estimate of drug-likeness (QED) is 0.439. The zero-order valence-electron chi connectivity index (χ0n) is 15.6. The summed E-state index contributed by atoms with van der Waals surface area (Å²) in [5.74, 6) is 1.55. The van der Waals surface area contributed by atoms with E-state index in [0.29, 0.717) is 29.0 Å². The Hall–Kier alpha value is -1.21. The largest absolute Gasteiger partial charge is 0.492 e. The summed E-state index contributed by atoms with van der Waals surface area (Å²) in [6.07, 6.45) is 3.36. The first kappa shape index (κ1) is 20.5. The first-order valence-corrected chi connectivity index (χ1v) is 10.2. The van der Waals surface area contributed by atoms with Gasteiger partial charge in [-0.3, -0.25) is 4.99 Å². The third-order valence-corrected chi connectivity index (χ3v) is 5.27. The van der Waals surface area contributed by atoms with Crippen LogP contribution in [0, 0.1) is 0 Å².